The zero-order chi connectivity index (χ0) is 13.9. The molecule has 3 heteroatoms. The van der Waals surface area contributed by atoms with Gasteiger partial charge in [0.2, 0.25) is 5.91 Å². The van der Waals surface area contributed by atoms with Crippen LogP contribution in [0.2, 0.25) is 0 Å². The Morgan fingerprint density at radius 1 is 1.37 bits per heavy atom. The van der Waals surface area contributed by atoms with Gasteiger partial charge in [-0.3, -0.25) is 4.79 Å². The molecular weight excluding hydrogens is 236 g/mol. The van der Waals surface area contributed by atoms with Gasteiger partial charge in [0.25, 0.3) is 0 Å². The van der Waals surface area contributed by atoms with Crippen molar-refractivity contribution in [3.05, 3.63) is 35.9 Å². The lowest BCUT2D eigenvalue weighted by Gasteiger charge is -2.33. The highest BCUT2D eigenvalue weighted by Crippen LogP contribution is 2.33. The number of carbonyl (C=O) groups excluding carboxylic acids is 1. The zero-order valence-electron chi connectivity index (χ0n) is 11.9. The number of rotatable bonds is 6. The first kappa shape index (κ1) is 14.1. The molecule has 0 heterocycles. The molecule has 0 spiro atoms. The average molecular weight is 260 g/mol. The minimum atomic E-state index is -0.419. The fourth-order valence-electron chi connectivity index (χ4n) is 2.26. The van der Waals surface area contributed by atoms with Crippen LogP contribution in [0.25, 0.3) is 0 Å². The molecule has 0 bridgehead atoms. The van der Waals surface area contributed by atoms with E-state index in [1.165, 1.54) is 5.56 Å². The molecule has 0 aromatic heterocycles. The quantitative estimate of drug-likeness (QED) is 0.854. The van der Waals surface area contributed by atoms with E-state index in [4.69, 9.17) is 5.73 Å². The molecule has 19 heavy (non-hydrogen) atoms. The summed E-state index contributed by atoms with van der Waals surface area (Å²) in [5.41, 5.74) is 6.60. The Morgan fingerprint density at radius 2 is 2.00 bits per heavy atom. The Hall–Kier alpha value is -1.35. The number of hydrogen-bond acceptors (Lipinski definition) is 2. The maximum atomic E-state index is 12.8. The molecule has 1 unspecified atom stereocenters. The van der Waals surface area contributed by atoms with E-state index in [1.54, 1.807) is 0 Å². The van der Waals surface area contributed by atoms with Crippen LogP contribution in [0.3, 0.4) is 0 Å². The molecule has 1 aliphatic rings. The van der Waals surface area contributed by atoms with Gasteiger partial charge in [0, 0.05) is 19.1 Å². The lowest BCUT2D eigenvalue weighted by molar-refractivity contribution is -0.142. The fraction of sp³-hybridized carbons (Fsp3) is 0.562. The Balaban J connectivity index is 2.14. The van der Waals surface area contributed by atoms with Gasteiger partial charge in [-0.15, -0.1) is 0 Å². The van der Waals surface area contributed by atoms with Crippen LogP contribution in [-0.4, -0.2) is 23.4 Å². The molecule has 1 aromatic rings. The zero-order valence-corrected chi connectivity index (χ0v) is 11.9. The second-order valence-corrected chi connectivity index (χ2v) is 5.77. The predicted molar refractivity (Wildman–Crippen MR) is 77.5 cm³/mol. The monoisotopic (exact) mass is 260 g/mol. The van der Waals surface area contributed by atoms with Crippen LogP contribution in [-0.2, 0) is 11.3 Å². The summed E-state index contributed by atoms with van der Waals surface area (Å²) < 4.78 is 0. The Morgan fingerprint density at radius 3 is 2.47 bits per heavy atom. The van der Waals surface area contributed by atoms with Crippen LogP contribution in [0.4, 0.5) is 0 Å². The van der Waals surface area contributed by atoms with Gasteiger partial charge in [0.15, 0.2) is 0 Å². The van der Waals surface area contributed by atoms with E-state index < -0.39 is 5.41 Å². The summed E-state index contributed by atoms with van der Waals surface area (Å²) in [6.45, 7) is 5.15. The molecule has 0 saturated heterocycles. The molecule has 1 saturated carbocycles. The topological polar surface area (TPSA) is 46.3 Å². The van der Waals surface area contributed by atoms with E-state index in [-0.39, 0.29) is 5.91 Å². The minimum Gasteiger partial charge on any atom is -0.335 e. The van der Waals surface area contributed by atoms with Gasteiger partial charge in [-0.25, -0.2) is 0 Å². The maximum absolute atomic E-state index is 12.8. The Bertz CT molecular complexity index is 422. The van der Waals surface area contributed by atoms with Crippen molar-refractivity contribution in [3.63, 3.8) is 0 Å². The SMILES string of the molecule is CCC(C)(CN)C(=O)N(Cc1ccccc1)C1CC1. The Kier molecular flexibility index (Phi) is 4.25. The standard InChI is InChI=1S/C16H24N2O/c1-3-16(2,12-17)15(19)18(14-9-10-14)11-13-7-5-4-6-8-13/h4-8,14H,3,9-12,17H2,1-2H3. The third kappa shape index (κ3) is 3.16. The highest BCUT2D eigenvalue weighted by molar-refractivity contribution is 5.83. The number of carbonyl (C=O) groups is 1. The van der Waals surface area contributed by atoms with E-state index in [1.807, 2.05) is 36.9 Å². The number of benzene rings is 1. The second kappa shape index (κ2) is 5.74. The summed E-state index contributed by atoms with van der Waals surface area (Å²) in [6.07, 6.45) is 3.05. The van der Waals surface area contributed by atoms with Crippen LogP contribution in [0, 0.1) is 5.41 Å². The van der Waals surface area contributed by atoms with Crippen molar-refractivity contribution in [2.24, 2.45) is 11.1 Å². The number of amides is 1. The average Bonchev–Trinajstić information content (AvgIpc) is 3.29. The summed E-state index contributed by atoms with van der Waals surface area (Å²) in [5.74, 6) is 0.212. The number of nitrogens with two attached hydrogens (primary N) is 1. The first-order valence-electron chi connectivity index (χ1n) is 7.16. The fourth-order valence-corrected chi connectivity index (χ4v) is 2.26. The second-order valence-electron chi connectivity index (χ2n) is 5.77. The first-order valence-corrected chi connectivity index (χ1v) is 7.16. The van der Waals surface area contributed by atoms with Gasteiger partial charge in [-0.1, -0.05) is 37.3 Å². The van der Waals surface area contributed by atoms with Crippen LogP contribution < -0.4 is 5.73 Å². The van der Waals surface area contributed by atoms with Crippen molar-refractivity contribution in [1.29, 1.82) is 0 Å². The van der Waals surface area contributed by atoms with Gasteiger partial charge in [0.05, 0.1) is 5.41 Å². The van der Waals surface area contributed by atoms with Crippen LogP contribution >= 0.6 is 0 Å². The van der Waals surface area contributed by atoms with Gasteiger partial charge < -0.3 is 10.6 Å². The third-order valence-electron chi connectivity index (χ3n) is 4.19. The lowest BCUT2D eigenvalue weighted by atomic mass is 9.86. The molecule has 0 aliphatic heterocycles. The molecule has 1 fully saturated rings. The first-order chi connectivity index (χ1) is 9.10. The molecule has 2 N–H and O–H groups in total. The van der Waals surface area contributed by atoms with Gasteiger partial charge in [-0.05, 0) is 31.7 Å². The molecule has 104 valence electrons. The van der Waals surface area contributed by atoms with Crippen molar-refractivity contribution >= 4 is 5.91 Å². The van der Waals surface area contributed by atoms with Crippen molar-refractivity contribution in [3.8, 4) is 0 Å². The van der Waals surface area contributed by atoms with E-state index in [0.717, 1.165) is 19.3 Å². The molecule has 0 radical (unpaired) electrons. The van der Waals surface area contributed by atoms with E-state index >= 15 is 0 Å². The van der Waals surface area contributed by atoms with Crippen LogP contribution in [0.15, 0.2) is 30.3 Å². The van der Waals surface area contributed by atoms with Crippen molar-refractivity contribution in [2.75, 3.05) is 6.54 Å². The normalized spacial score (nSPS) is 17.8. The van der Waals surface area contributed by atoms with Gasteiger partial charge >= 0.3 is 0 Å². The van der Waals surface area contributed by atoms with Gasteiger partial charge in [0.1, 0.15) is 0 Å². The molecule has 1 atom stereocenters. The van der Waals surface area contributed by atoms with Gasteiger partial charge in [-0.2, -0.15) is 0 Å². The summed E-state index contributed by atoms with van der Waals surface area (Å²) in [6, 6.07) is 10.6. The minimum absolute atomic E-state index is 0.212. The molecule has 3 nitrogen and oxygen atoms in total. The molecule has 1 aromatic carbocycles. The molecule has 2 rings (SSSR count). The predicted octanol–water partition coefficient (Wildman–Crippen LogP) is 2.55. The van der Waals surface area contributed by atoms with Crippen molar-refractivity contribution in [1.82, 2.24) is 4.90 Å². The van der Waals surface area contributed by atoms with Crippen LogP contribution in [0.1, 0.15) is 38.7 Å². The van der Waals surface area contributed by atoms with Crippen molar-refractivity contribution < 1.29 is 4.79 Å². The smallest absolute Gasteiger partial charge is 0.230 e. The van der Waals surface area contributed by atoms with E-state index in [2.05, 4.69) is 12.1 Å². The summed E-state index contributed by atoms with van der Waals surface area (Å²) >= 11 is 0. The van der Waals surface area contributed by atoms with Crippen LogP contribution in [0.5, 0.6) is 0 Å². The van der Waals surface area contributed by atoms with E-state index in [9.17, 15) is 4.79 Å². The van der Waals surface area contributed by atoms with E-state index in [0.29, 0.717) is 19.1 Å². The van der Waals surface area contributed by atoms with Crippen molar-refractivity contribution in [2.45, 2.75) is 45.7 Å². The largest absolute Gasteiger partial charge is 0.335 e. The molecule has 1 aliphatic carbocycles. The highest BCUT2D eigenvalue weighted by Gasteiger charge is 2.40. The molecule has 1 amide bonds. The summed E-state index contributed by atoms with van der Waals surface area (Å²) in [4.78, 5) is 14.8. The Labute approximate surface area is 115 Å². The maximum Gasteiger partial charge on any atom is 0.230 e. The number of nitrogens with zero attached hydrogens (tertiary/aromatic N) is 1. The molecular formula is C16H24N2O. The lowest BCUT2D eigenvalue weighted by Crippen LogP contribution is -2.46. The third-order valence-corrected chi connectivity index (χ3v) is 4.19. The number of hydrogen-bond donors (Lipinski definition) is 1. The summed E-state index contributed by atoms with van der Waals surface area (Å²) in [5, 5.41) is 0. The summed E-state index contributed by atoms with van der Waals surface area (Å²) in [7, 11) is 0. The highest BCUT2D eigenvalue weighted by atomic mass is 16.2.